The first-order valence-corrected chi connectivity index (χ1v) is 7.10. The minimum Gasteiger partial charge on any atom is -0.365 e. The summed E-state index contributed by atoms with van der Waals surface area (Å²) in [6.07, 6.45) is 5.56. The molecule has 0 aromatic rings. The van der Waals surface area contributed by atoms with E-state index >= 15 is 0 Å². The minimum absolute atomic E-state index is 0.0663. The topological polar surface area (TPSA) is 38.3 Å². The highest BCUT2D eigenvalue weighted by atomic mass is 79.9. The number of rotatable bonds is 3. The van der Waals surface area contributed by atoms with Crippen molar-refractivity contribution in [2.24, 2.45) is 5.92 Å². The van der Waals surface area contributed by atoms with Crippen LogP contribution in [-0.2, 0) is 9.53 Å². The Balaban J connectivity index is 1.79. The molecule has 0 bridgehead atoms. The van der Waals surface area contributed by atoms with E-state index in [1.807, 2.05) is 6.92 Å². The smallest absolute Gasteiger partial charge is 0.251 e. The molecule has 0 radical (unpaired) electrons. The molecule has 1 saturated carbocycles. The lowest BCUT2D eigenvalue weighted by Gasteiger charge is -2.23. The van der Waals surface area contributed by atoms with Crippen molar-refractivity contribution in [3.8, 4) is 0 Å². The lowest BCUT2D eigenvalue weighted by molar-refractivity contribution is -0.139. The van der Waals surface area contributed by atoms with Crippen LogP contribution in [0.25, 0.3) is 0 Å². The Hall–Kier alpha value is -0.0900. The highest BCUT2D eigenvalue weighted by molar-refractivity contribution is 9.09. The molecule has 1 N–H and O–H groups in total. The predicted molar refractivity (Wildman–Crippen MR) is 66.7 cm³/mol. The zero-order chi connectivity index (χ0) is 11.6. The first-order valence-electron chi connectivity index (χ1n) is 6.18. The summed E-state index contributed by atoms with van der Waals surface area (Å²) in [6.45, 7) is 3.40. The molecule has 1 aliphatic carbocycles. The first-order chi connectivity index (χ1) is 7.62. The van der Waals surface area contributed by atoms with Crippen LogP contribution in [0.2, 0.25) is 0 Å². The highest BCUT2D eigenvalue weighted by Gasteiger charge is 2.38. The van der Waals surface area contributed by atoms with Crippen molar-refractivity contribution < 1.29 is 9.53 Å². The van der Waals surface area contributed by atoms with Crippen molar-refractivity contribution in [2.75, 3.05) is 13.2 Å². The van der Waals surface area contributed by atoms with Crippen molar-refractivity contribution in [2.45, 2.75) is 49.5 Å². The molecule has 16 heavy (non-hydrogen) atoms. The van der Waals surface area contributed by atoms with E-state index in [1.54, 1.807) is 0 Å². The van der Waals surface area contributed by atoms with Gasteiger partial charge in [-0.15, -0.1) is 0 Å². The van der Waals surface area contributed by atoms with Crippen LogP contribution in [0, 0.1) is 5.92 Å². The van der Waals surface area contributed by atoms with Crippen LogP contribution in [0.5, 0.6) is 0 Å². The van der Waals surface area contributed by atoms with E-state index in [0.717, 1.165) is 19.4 Å². The van der Waals surface area contributed by atoms with Crippen molar-refractivity contribution in [1.82, 2.24) is 5.32 Å². The van der Waals surface area contributed by atoms with Crippen LogP contribution in [0.4, 0.5) is 0 Å². The molecule has 2 fully saturated rings. The summed E-state index contributed by atoms with van der Waals surface area (Å²) in [5, 5.41) is 3.04. The van der Waals surface area contributed by atoms with E-state index in [4.69, 9.17) is 4.74 Å². The van der Waals surface area contributed by atoms with Gasteiger partial charge in [-0.05, 0) is 38.5 Å². The van der Waals surface area contributed by atoms with Gasteiger partial charge in [-0.3, -0.25) is 4.79 Å². The lowest BCUT2D eigenvalue weighted by Crippen LogP contribution is -2.45. The minimum atomic E-state index is -0.569. The predicted octanol–water partition coefficient (Wildman–Crippen LogP) is 2.24. The van der Waals surface area contributed by atoms with Crippen LogP contribution in [0.3, 0.4) is 0 Å². The molecule has 3 atom stereocenters. The lowest BCUT2D eigenvalue weighted by atomic mass is 10.0. The second kappa shape index (κ2) is 5.05. The van der Waals surface area contributed by atoms with E-state index in [1.165, 1.54) is 19.3 Å². The van der Waals surface area contributed by atoms with Crippen LogP contribution in [-0.4, -0.2) is 29.5 Å². The number of carbonyl (C=O) groups is 1. The van der Waals surface area contributed by atoms with Crippen LogP contribution >= 0.6 is 15.9 Å². The number of hydrogen-bond donors (Lipinski definition) is 1. The quantitative estimate of drug-likeness (QED) is 0.810. The normalized spacial score (nSPS) is 38.9. The van der Waals surface area contributed by atoms with Crippen molar-refractivity contribution >= 4 is 21.8 Å². The number of amides is 1. The molecular weight excluding hydrogens is 270 g/mol. The fraction of sp³-hybridized carbons (Fsp3) is 0.917. The Morgan fingerprint density at radius 1 is 1.50 bits per heavy atom. The first kappa shape index (κ1) is 12.4. The number of alkyl halides is 1. The van der Waals surface area contributed by atoms with Crippen LogP contribution in [0.1, 0.15) is 39.0 Å². The van der Waals surface area contributed by atoms with Crippen molar-refractivity contribution in [3.05, 3.63) is 0 Å². The Kier molecular flexibility index (Phi) is 3.90. The molecule has 0 aromatic carbocycles. The zero-order valence-electron chi connectivity index (χ0n) is 9.80. The van der Waals surface area contributed by atoms with Gasteiger partial charge in [0.2, 0.25) is 0 Å². The number of ether oxygens (including phenoxy) is 1. The van der Waals surface area contributed by atoms with Crippen molar-refractivity contribution in [3.63, 3.8) is 0 Å². The molecule has 1 saturated heterocycles. The van der Waals surface area contributed by atoms with E-state index in [9.17, 15) is 4.79 Å². The van der Waals surface area contributed by atoms with E-state index in [2.05, 4.69) is 21.2 Å². The monoisotopic (exact) mass is 289 g/mol. The van der Waals surface area contributed by atoms with Gasteiger partial charge >= 0.3 is 0 Å². The van der Waals surface area contributed by atoms with Gasteiger partial charge in [0.1, 0.15) is 5.60 Å². The molecule has 92 valence electrons. The Bertz CT molecular complexity index is 264. The third-order valence-corrected chi connectivity index (χ3v) is 5.00. The summed E-state index contributed by atoms with van der Waals surface area (Å²) in [5.41, 5.74) is -0.569. The summed E-state index contributed by atoms with van der Waals surface area (Å²) >= 11 is 3.67. The van der Waals surface area contributed by atoms with Gasteiger partial charge in [-0.25, -0.2) is 0 Å². The number of hydrogen-bond acceptors (Lipinski definition) is 2. The summed E-state index contributed by atoms with van der Waals surface area (Å²) in [6, 6.07) is 0. The molecule has 0 aromatic heterocycles. The number of carbonyl (C=O) groups excluding carboxylic acids is 1. The van der Waals surface area contributed by atoms with Gasteiger partial charge in [-0.1, -0.05) is 22.4 Å². The van der Waals surface area contributed by atoms with Gasteiger partial charge in [0, 0.05) is 18.0 Å². The van der Waals surface area contributed by atoms with Gasteiger partial charge in [0.15, 0.2) is 0 Å². The van der Waals surface area contributed by atoms with Gasteiger partial charge in [0.25, 0.3) is 5.91 Å². The maximum Gasteiger partial charge on any atom is 0.251 e. The second-order valence-electron chi connectivity index (χ2n) is 5.10. The fourth-order valence-corrected chi connectivity index (χ4v) is 3.37. The maximum atomic E-state index is 12.0. The summed E-state index contributed by atoms with van der Waals surface area (Å²) in [4.78, 5) is 12.6. The molecule has 1 aliphatic heterocycles. The van der Waals surface area contributed by atoms with E-state index in [-0.39, 0.29) is 5.91 Å². The van der Waals surface area contributed by atoms with Crippen LogP contribution in [0.15, 0.2) is 0 Å². The molecule has 3 unspecified atom stereocenters. The second-order valence-corrected chi connectivity index (χ2v) is 6.28. The largest absolute Gasteiger partial charge is 0.365 e. The number of nitrogens with one attached hydrogen (secondary N) is 1. The molecule has 2 aliphatic rings. The number of halogens is 1. The van der Waals surface area contributed by atoms with E-state index in [0.29, 0.717) is 17.4 Å². The van der Waals surface area contributed by atoms with Gasteiger partial charge in [-0.2, -0.15) is 0 Å². The molecule has 1 amide bonds. The highest BCUT2D eigenvalue weighted by Crippen LogP contribution is 2.31. The van der Waals surface area contributed by atoms with Gasteiger partial charge < -0.3 is 10.1 Å². The van der Waals surface area contributed by atoms with E-state index < -0.39 is 5.60 Å². The average molecular weight is 290 g/mol. The molecule has 0 spiro atoms. The Morgan fingerprint density at radius 2 is 2.31 bits per heavy atom. The molecule has 4 heteroatoms. The molecule has 2 rings (SSSR count). The average Bonchev–Trinajstić information content (AvgIpc) is 2.85. The van der Waals surface area contributed by atoms with Crippen LogP contribution < -0.4 is 5.32 Å². The summed E-state index contributed by atoms with van der Waals surface area (Å²) < 4.78 is 5.52. The molecular formula is C12H20BrNO2. The summed E-state index contributed by atoms with van der Waals surface area (Å²) in [7, 11) is 0. The molecule has 3 nitrogen and oxygen atoms in total. The third kappa shape index (κ3) is 2.59. The SMILES string of the molecule is CC1(C(=O)NCC2CCCC2Br)CCCO1. The van der Waals surface area contributed by atoms with Gasteiger partial charge in [0.05, 0.1) is 0 Å². The molecule has 1 heterocycles. The standard InChI is InChI=1S/C12H20BrNO2/c1-12(6-3-7-16-12)11(15)14-8-9-4-2-5-10(9)13/h9-10H,2-8H2,1H3,(H,14,15). The third-order valence-electron chi connectivity index (χ3n) is 3.79. The Morgan fingerprint density at radius 3 is 2.88 bits per heavy atom. The Labute approximate surface area is 105 Å². The fourth-order valence-electron chi connectivity index (χ4n) is 2.59. The van der Waals surface area contributed by atoms with Crippen molar-refractivity contribution in [1.29, 1.82) is 0 Å². The zero-order valence-corrected chi connectivity index (χ0v) is 11.4. The summed E-state index contributed by atoms with van der Waals surface area (Å²) in [5.74, 6) is 0.658. The maximum absolute atomic E-state index is 12.0.